The molecule has 0 amide bonds. The molecular formula is C17H24ClN5S. The third-order valence-electron chi connectivity index (χ3n) is 3.64. The molecule has 0 spiro atoms. The number of nitrogens with zero attached hydrogens (tertiary/aromatic N) is 3. The van der Waals surface area contributed by atoms with Gasteiger partial charge in [0.2, 0.25) is 0 Å². The zero-order chi connectivity index (χ0) is 17.5. The van der Waals surface area contributed by atoms with Gasteiger partial charge in [0.05, 0.1) is 12.6 Å². The smallest absolute Gasteiger partial charge is 0.191 e. The van der Waals surface area contributed by atoms with Gasteiger partial charge in [-0.15, -0.1) is 11.3 Å². The minimum Gasteiger partial charge on any atom is -0.354 e. The Morgan fingerprint density at radius 3 is 2.54 bits per heavy atom. The van der Waals surface area contributed by atoms with Crippen molar-refractivity contribution < 1.29 is 0 Å². The van der Waals surface area contributed by atoms with Gasteiger partial charge in [0.15, 0.2) is 5.96 Å². The van der Waals surface area contributed by atoms with Crippen molar-refractivity contribution in [2.45, 2.75) is 19.5 Å². The molecule has 0 saturated heterocycles. The fourth-order valence-corrected chi connectivity index (χ4v) is 3.19. The van der Waals surface area contributed by atoms with Crippen LogP contribution in [0.4, 0.5) is 0 Å². The largest absolute Gasteiger partial charge is 0.354 e. The second kappa shape index (κ2) is 9.01. The maximum atomic E-state index is 5.98. The lowest BCUT2D eigenvalue weighted by molar-refractivity contribution is 0.298. The Kier molecular flexibility index (Phi) is 7.02. The summed E-state index contributed by atoms with van der Waals surface area (Å²) in [6.45, 7) is 3.47. The van der Waals surface area contributed by atoms with E-state index < -0.39 is 0 Å². The molecule has 5 nitrogen and oxygen atoms in total. The van der Waals surface area contributed by atoms with E-state index in [0.717, 1.165) is 22.5 Å². The Labute approximate surface area is 152 Å². The summed E-state index contributed by atoms with van der Waals surface area (Å²) in [5, 5.41) is 8.49. The van der Waals surface area contributed by atoms with E-state index in [2.05, 4.69) is 58.7 Å². The van der Waals surface area contributed by atoms with E-state index in [0.29, 0.717) is 6.54 Å². The molecule has 1 aromatic carbocycles. The molecule has 2 rings (SSSR count). The summed E-state index contributed by atoms with van der Waals surface area (Å²) in [5.41, 5.74) is 1.21. The molecule has 1 unspecified atom stereocenters. The summed E-state index contributed by atoms with van der Waals surface area (Å²) in [4.78, 5) is 12.0. The number of rotatable bonds is 6. The van der Waals surface area contributed by atoms with Gasteiger partial charge in [-0.25, -0.2) is 4.98 Å². The first-order valence-corrected chi connectivity index (χ1v) is 8.96. The first kappa shape index (κ1) is 18.7. The average molecular weight is 366 g/mol. The van der Waals surface area contributed by atoms with E-state index in [4.69, 9.17) is 11.6 Å². The van der Waals surface area contributed by atoms with Crippen LogP contribution in [0.25, 0.3) is 0 Å². The fourth-order valence-electron chi connectivity index (χ4n) is 2.34. The van der Waals surface area contributed by atoms with Gasteiger partial charge in [-0.2, -0.15) is 0 Å². The molecule has 1 heterocycles. The number of aromatic nitrogens is 1. The molecule has 2 aromatic rings. The van der Waals surface area contributed by atoms with E-state index in [-0.39, 0.29) is 6.04 Å². The molecule has 0 bridgehead atoms. The Hall–Kier alpha value is -1.63. The first-order valence-electron chi connectivity index (χ1n) is 7.77. The number of halogens is 1. The van der Waals surface area contributed by atoms with Crippen molar-refractivity contribution in [3.8, 4) is 0 Å². The van der Waals surface area contributed by atoms with Crippen LogP contribution < -0.4 is 10.6 Å². The number of benzene rings is 1. The van der Waals surface area contributed by atoms with Gasteiger partial charge in [0.1, 0.15) is 5.01 Å². The molecule has 0 aliphatic rings. The van der Waals surface area contributed by atoms with Gasteiger partial charge in [-0.3, -0.25) is 4.99 Å². The van der Waals surface area contributed by atoms with Crippen molar-refractivity contribution in [2.24, 2.45) is 4.99 Å². The van der Waals surface area contributed by atoms with Gasteiger partial charge >= 0.3 is 0 Å². The quantitative estimate of drug-likeness (QED) is 0.610. The third-order valence-corrected chi connectivity index (χ3v) is 4.81. The number of likely N-dealkylation sites (N-methyl/N-ethyl adjacent to an activating group) is 1. The molecule has 0 aliphatic heterocycles. The SMILES string of the molecule is CN=C(NCc1ncc(C)s1)NCC(c1ccc(Cl)cc1)N(C)C. The van der Waals surface area contributed by atoms with Crippen LogP contribution in [-0.4, -0.2) is 43.5 Å². The number of hydrogen-bond acceptors (Lipinski definition) is 4. The summed E-state index contributed by atoms with van der Waals surface area (Å²) in [6.07, 6.45) is 1.89. The number of nitrogens with one attached hydrogen (secondary N) is 2. The highest BCUT2D eigenvalue weighted by Gasteiger charge is 2.14. The van der Waals surface area contributed by atoms with Crippen molar-refractivity contribution in [1.82, 2.24) is 20.5 Å². The van der Waals surface area contributed by atoms with E-state index in [1.165, 1.54) is 10.4 Å². The minimum atomic E-state index is 0.225. The molecule has 1 atom stereocenters. The summed E-state index contributed by atoms with van der Waals surface area (Å²) in [5.74, 6) is 0.767. The Bertz CT molecular complexity index is 666. The second-order valence-electron chi connectivity index (χ2n) is 5.70. The minimum absolute atomic E-state index is 0.225. The van der Waals surface area contributed by atoms with Crippen molar-refractivity contribution in [1.29, 1.82) is 0 Å². The van der Waals surface area contributed by atoms with Gasteiger partial charge in [-0.1, -0.05) is 23.7 Å². The lowest BCUT2D eigenvalue weighted by Gasteiger charge is -2.26. The third kappa shape index (κ3) is 5.47. The summed E-state index contributed by atoms with van der Waals surface area (Å²) >= 11 is 7.67. The van der Waals surface area contributed by atoms with Gasteiger partial charge < -0.3 is 15.5 Å². The number of guanidine groups is 1. The van der Waals surface area contributed by atoms with Crippen LogP contribution in [0.15, 0.2) is 35.5 Å². The molecule has 24 heavy (non-hydrogen) atoms. The average Bonchev–Trinajstić information content (AvgIpc) is 2.97. The second-order valence-corrected chi connectivity index (χ2v) is 7.46. The van der Waals surface area contributed by atoms with Crippen LogP contribution in [0, 0.1) is 6.92 Å². The normalized spacial score (nSPS) is 13.2. The highest BCUT2D eigenvalue weighted by Crippen LogP contribution is 2.19. The van der Waals surface area contributed by atoms with Crippen LogP contribution in [0.1, 0.15) is 21.5 Å². The van der Waals surface area contributed by atoms with Crippen LogP contribution >= 0.6 is 22.9 Å². The number of hydrogen-bond donors (Lipinski definition) is 2. The van der Waals surface area contributed by atoms with Crippen molar-refractivity contribution in [3.05, 3.63) is 50.9 Å². The lowest BCUT2D eigenvalue weighted by atomic mass is 10.1. The molecule has 0 saturated carbocycles. The van der Waals surface area contributed by atoms with E-state index >= 15 is 0 Å². The Morgan fingerprint density at radius 1 is 1.29 bits per heavy atom. The van der Waals surface area contributed by atoms with Crippen molar-refractivity contribution in [3.63, 3.8) is 0 Å². The van der Waals surface area contributed by atoms with Crippen LogP contribution in [-0.2, 0) is 6.54 Å². The van der Waals surface area contributed by atoms with Gasteiger partial charge in [-0.05, 0) is 38.7 Å². The van der Waals surface area contributed by atoms with Crippen molar-refractivity contribution >= 4 is 28.9 Å². The highest BCUT2D eigenvalue weighted by molar-refractivity contribution is 7.11. The van der Waals surface area contributed by atoms with E-state index in [9.17, 15) is 0 Å². The van der Waals surface area contributed by atoms with Crippen LogP contribution in [0.3, 0.4) is 0 Å². The number of thiazole rings is 1. The van der Waals surface area contributed by atoms with E-state index in [1.54, 1.807) is 18.4 Å². The molecular weight excluding hydrogens is 342 g/mol. The fraction of sp³-hybridized carbons (Fsp3) is 0.412. The lowest BCUT2D eigenvalue weighted by Crippen LogP contribution is -2.41. The topological polar surface area (TPSA) is 52.6 Å². The molecule has 0 aliphatic carbocycles. The highest BCUT2D eigenvalue weighted by atomic mass is 35.5. The summed E-state index contributed by atoms with van der Waals surface area (Å²) in [7, 11) is 5.90. The maximum Gasteiger partial charge on any atom is 0.191 e. The zero-order valence-corrected chi connectivity index (χ0v) is 16.1. The predicted octanol–water partition coefficient (Wildman–Crippen LogP) is 3.07. The predicted molar refractivity (Wildman–Crippen MR) is 103 cm³/mol. The van der Waals surface area contributed by atoms with E-state index in [1.807, 2.05) is 18.3 Å². The molecule has 0 fully saturated rings. The first-order chi connectivity index (χ1) is 11.5. The summed E-state index contributed by atoms with van der Waals surface area (Å²) in [6, 6.07) is 8.19. The van der Waals surface area contributed by atoms with Crippen molar-refractivity contribution in [2.75, 3.05) is 27.7 Å². The molecule has 0 radical (unpaired) electrons. The monoisotopic (exact) mass is 365 g/mol. The van der Waals surface area contributed by atoms with Crippen LogP contribution in [0.5, 0.6) is 0 Å². The Balaban J connectivity index is 1.93. The molecule has 130 valence electrons. The standard InChI is InChI=1S/C17H24ClN5S/c1-12-9-20-16(24-12)11-22-17(19-2)21-10-15(23(3)4)13-5-7-14(18)8-6-13/h5-9,15H,10-11H2,1-4H3,(H2,19,21,22). The van der Waals surface area contributed by atoms with Gasteiger partial charge in [0, 0.05) is 29.7 Å². The summed E-state index contributed by atoms with van der Waals surface area (Å²) < 4.78 is 0. The zero-order valence-electron chi connectivity index (χ0n) is 14.5. The molecule has 2 N–H and O–H groups in total. The van der Waals surface area contributed by atoms with Crippen LogP contribution in [0.2, 0.25) is 5.02 Å². The number of aryl methyl sites for hydroxylation is 1. The maximum absolute atomic E-state index is 5.98. The molecule has 1 aromatic heterocycles. The molecule has 7 heteroatoms. The van der Waals surface area contributed by atoms with Gasteiger partial charge in [0.25, 0.3) is 0 Å². The number of aliphatic imine (C=N–C) groups is 1. The Morgan fingerprint density at radius 2 is 2.00 bits per heavy atom.